The normalized spacial score (nSPS) is 10.7. The first-order valence-electron chi connectivity index (χ1n) is 4.25. The van der Waals surface area contributed by atoms with E-state index in [0.29, 0.717) is 5.92 Å². The summed E-state index contributed by atoms with van der Waals surface area (Å²) in [5, 5.41) is 0. The van der Waals surface area contributed by atoms with Gasteiger partial charge in [-0.15, -0.1) is 0 Å². The van der Waals surface area contributed by atoms with Gasteiger partial charge >= 0.3 is 0 Å². The number of hydrogen-bond donors (Lipinski definition) is 0. The molecule has 0 amide bonds. The third-order valence-electron chi connectivity index (χ3n) is 2.06. The summed E-state index contributed by atoms with van der Waals surface area (Å²) < 4.78 is 0.874. The minimum atomic E-state index is 0.573. The van der Waals surface area contributed by atoms with Gasteiger partial charge in [0, 0.05) is 11.6 Å². The zero-order valence-electron chi connectivity index (χ0n) is 7.42. The van der Waals surface area contributed by atoms with Gasteiger partial charge in [-0.2, -0.15) is 0 Å². The first-order chi connectivity index (χ1) is 5.77. The molecule has 0 aliphatic rings. The van der Waals surface area contributed by atoms with Crippen LogP contribution in [0.5, 0.6) is 0 Å². The minimum absolute atomic E-state index is 0.573. The molecule has 3 heteroatoms. The van der Waals surface area contributed by atoms with Gasteiger partial charge in [-0.1, -0.05) is 13.8 Å². The monoisotopic (exact) mass is 228 g/mol. The Morgan fingerprint density at radius 1 is 1.33 bits per heavy atom. The fourth-order valence-electron chi connectivity index (χ4n) is 1.28. The standard InChI is InChI=1S/C9H13BrN2/c1-3-7(4-2)8-5-9(10)12-6-11-8/h5-7H,3-4H2,1-2H3. The van der Waals surface area contributed by atoms with Gasteiger partial charge in [0.2, 0.25) is 0 Å². The lowest BCUT2D eigenvalue weighted by Gasteiger charge is -2.10. The molecule has 0 aromatic carbocycles. The van der Waals surface area contributed by atoms with Crippen molar-refractivity contribution in [3.05, 3.63) is 22.7 Å². The summed E-state index contributed by atoms with van der Waals surface area (Å²) in [6, 6.07) is 2.00. The van der Waals surface area contributed by atoms with Crippen molar-refractivity contribution < 1.29 is 0 Å². The van der Waals surface area contributed by atoms with Crippen LogP contribution in [0.2, 0.25) is 0 Å². The molecular weight excluding hydrogens is 216 g/mol. The van der Waals surface area contributed by atoms with E-state index in [1.807, 2.05) is 6.07 Å². The Morgan fingerprint density at radius 3 is 2.50 bits per heavy atom. The van der Waals surface area contributed by atoms with Crippen LogP contribution in [0.1, 0.15) is 38.3 Å². The van der Waals surface area contributed by atoms with Crippen molar-refractivity contribution in [3.63, 3.8) is 0 Å². The summed E-state index contributed by atoms with van der Waals surface area (Å²) in [7, 11) is 0. The van der Waals surface area contributed by atoms with Gasteiger partial charge in [0.1, 0.15) is 10.9 Å². The average molecular weight is 229 g/mol. The van der Waals surface area contributed by atoms with E-state index in [4.69, 9.17) is 0 Å². The van der Waals surface area contributed by atoms with Crippen LogP contribution in [0, 0.1) is 0 Å². The van der Waals surface area contributed by atoms with Gasteiger partial charge in [0.15, 0.2) is 0 Å². The molecule has 0 N–H and O–H groups in total. The van der Waals surface area contributed by atoms with Gasteiger partial charge in [-0.25, -0.2) is 9.97 Å². The van der Waals surface area contributed by atoms with Crippen LogP contribution < -0.4 is 0 Å². The maximum atomic E-state index is 4.24. The van der Waals surface area contributed by atoms with E-state index >= 15 is 0 Å². The van der Waals surface area contributed by atoms with Crippen molar-refractivity contribution >= 4 is 15.9 Å². The Morgan fingerprint density at radius 2 is 2.00 bits per heavy atom. The summed E-state index contributed by atoms with van der Waals surface area (Å²) in [6.07, 6.45) is 3.89. The van der Waals surface area contributed by atoms with Crippen molar-refractivity contribution in [2.75, 3.05) is 0 Å². The third kappa shape index (κ3) is 2.27. The van der Waals surface area contributed by atoms with E-state index in [1.165, 1.54) is 0 Å². The SMILES string of the molecule is CCC(CC)c1cc(Br)ncn1. The summed E-state index contributed by atoms with van der Waals surface area (Å²) >= 11 is 3.34. The lowest BCUT2D eigenvalue weighted by molar-refractivity contribution is 0.620. The maximum Gasteiger partial charge on any atom is 0.116 e. The highest BCUT2D eigenvalue weighted by molar-refractivity contribution is 9.10. The third-order valence-corrected chi connectivity index (χ3v) is 2.49. The van der Waals surface area contributed by atoms with Crippen molar-refractivity contribution in [2.24, 2.45) is 0 Å². The van der Waals surface area contributed by atoms with E-state index in [-0.39, 0.29) is 0 Å². The Bertz CT molecular complexity index is 246. The summed E-state index contributed by atoms with van der Waals surface area (Å²) in [5.41, 5.74) is 1.14. The fraction of sp³-hybridized carbons (Fsp3) is 0.556. The molecule has 0 fully saturated rings. The first-order valence-corrected chi connectivity index (χ1v) is 5.04. The van der Waals surface area contributed by atoms with Crippen LogP contribution in [-0.4, -0.2) is 9.97 Å². The van der Waals surface area contributed by atoms with Gasteiger partial charge in [0.25, 0.3) is 0 Å². The number of hydrogen-bond acceptors (Lipinski definition) is 2. The lowest BCUT2D eigenvalue weighted by Crippen LogP contribution is -1.99. The molecule has 1 rings (SSSR count). The fourth-order valence-corrected chi connectivity index (χ4v) is 1.60. The molecule has 1 heterocycles. The molecule has 0 spiro atoms. The first kappa shape index (κ1) is 9.65. The molecule has 66 valence electrons. The number of nitrogens with zero attached hydrogens (tertiary/aromatic N) is 2. The molecule has 0 unspecified atom stereocenters. The average Bonchev–Trinajstić information content (AvgIpc) is 2.07. The molecule has 0 saturated heterocycles. The summed E-state index contributed by atoms with van der Waals surface area (Å²) in [5.74, 6) is 0.573. The zero-order chi connectivity index (χ0) is 8.97. The van der Waals surface area contributed by atoms with Crippen LogP contribution in [-0.2, 0) is 0 Å². The molecule has 12 heavy (non-hydrogen) atoms. The van der Waals surface area contributed by atoms with Crippen LogP contribution in [0.15, 0.2) is 17.0 Å². The van der Waals surface area contributed by atoms with Crippen molar-refractivity contribution in [2.45, 2.75) is 32.6 Å². The predicted octanol–water partition coefficient (Wildman–Crippen LogP) is 3.14. The lowest BCUT2D eigenvalue weighted by atomic mass is 9.99. The molecule has 0 saturated carbocycles. The second-order valence-corrected chi connectivity index (χ2v) is 3.59. The molecule has 0 radical (unpaired) electrons. The van der Waals surface area contributed by atoms with Crippen molar-refractivity contribution in [1.29, 1.82) is 0 Å². The maximum absolute atomic E-state index is 4.24. The van der Waals surface area contributed by atoms with E-state index in [1.54, 1.807) is 6.33 Å². The zero-order valence-corrected chi connectivity index (χ0v) is 9.00. The molecule has 0 atom stereocenters. The number of aromatic nitrogens is 2. The highest BCUT2D eigenvalue weighted by atomic mass is 79.9. The van der Waals surface area contributed by atoms with Gasteiger partial charge in [-0.3, -0.25) is 0 Å². The largest absolute Gasteiger partial charge is 0.241 e. The molecule has 2 nitrogen and oxygen atoms in total. The molecule has 0 aliphatic carbocycles. The van der Waals surface area contributed by atoms with Crippen LogP contribution in [0.3, 0.4) is 0 Å². The molecule has 1 aromatic rings. The van der Waals surface area contributed by atoms with E-state index < -0.39 is 0 Å². The van der Waals surface area contributed by atoms with Crippen molar-refractivity contribution in [1.82, 2.24) is 9.97 Å². The van der Waals surface area contributed by atoms with Gasteiger partial charge in [-0.05, 0) is 34.8 Å². The van der Waals surface area contributed by atoms with E-state index in [2.05, 4.69) is 39.7 Å². The van der Waals surface area contributed by atoms with Crippen molar-refractivity contribution in [3.8, 4) is 0 Å². The Hall–Kier alpha value is -0.440. The highest BCUT2D eigenvalue weighted by Crippen LogP contribution is 2.21. The molecule has 0 bridgehead atoms. The molecule has 0 aliphatic heterocycles. The van der Waals surface area contributed by atoms with Gasteiger partial charge < -0.3 is 0 Å². The Labute approximate surface area is 81.6 Å². The van der Waals surface area contributed by atoms with Crippen LogP contribution in [0.4, 0.5) is 0 Å². The number of rotatable bonds is 3. The predicted molar refractivity (Wildman–Crippen MR) is 53.1 cm³/mol. The second-order valence-electron chi connectivity index (χ2n) is 2.78. The quantitative estimate of drug-likeness (QED) is 0.744. The Kier molecular flexibility index (Phi) is 3.66. The molecular formula is C9H13BrN2. The number of halogens is 1. The second kappa shape index (κ2) is 4.55. The summed E-state index contributed by atoms with van der Waals surface area (Å²) in [4.78, 5) is 8.24. The smallest absolute Gasteiger partial charge is 0.116 e. The minimum Gasteiger partial charge on any atom is -0.241 e. The van der Waals surface area contributed by atoms with Crippen LogP contribution >= 0.6 is 15.9 Å². The van der Waals surface area contributed by atoms with Crippen LogP contribution in [0.25, 0.3) is 0 Å². The highest BCUT2D eigenvalue weighted by Gasteiger charge is 2.08. The molecule has 1 aromatic heterocycles. The Balaban J connectivity index is 2.85. The van der Waals surface area contributed by atoms with Gasteiger partial charge in [0.05, 0.1) is 0 Å². The van der Waals surface area contributed by atoms with E-state index in [9.17, 15) is 0 Å². The summed E-state index contributed by atoms with van der Waals surface area (Å²) in [6.45, 7) is 4.37. The van der Waals surface area contributed by atoms with E-state index in [0.717, 1.165) is 23.1 Å². The topological polar surface area (TPSA) is 25.8 Å².